The van der Waals surface area contributed by atoms with Crippen LogP contribution in [0, 0.1) is 0 Å². The van der Waals surface area contributed by atoms with E-state index in [1.54, 1.807) is 0 Å². The lowest BCUT2D eigenvalue weighted by molar-refractivity contribution is 0.0593. The van der Waals surface area contributed by atoms with Gasteiger partial charge in [0.05, 0.1) is 7.11 Å². The van der Waals surface area contributed by atoms with Crippen molar-refractivity contribution in [2.75, 3.05) is 7.11 Å². The van der Waals surface area contributed by atoms with Crippen LogP contribution in [0.3, 0.4) is 0 Å². The molecule has 0 aliphatic rings. The Morgan fingerprint density at radius 3 is 2.38 bits per heavy atom. The maximum absolute atomic E-state index is 12.7. The Bertz CT molecular complexity index is 446. The van der Waals surface area contributed by atoms with E-state index in [1.807, 2.05) is 0 Å². The molecule has 92 valence electrons. The number of pyridine rings is 1. The average molecular weight is 280 g/mol. The van der Waals surface area contributed by atoms with E-state index in [4.69, 9.17) is 0 Å². The molecule has 0 aliphatic carbocycles. The third-order valence-corrected chi connectivity index (χ3v) is 3.01. The van der Waals surface area contributed by atoms with Crippen LogP contribution in [0.25, 0.3) is 0 Å². The molecule has 9 heteroatoms. The van der Waals surface area contributed by atoms with Gasteiger partial charge in [-0.05, 0) is 12.1 Å². The van der Waals surface area contributed by atoms with Crippen molar-refractivity contribution >= 4 is 25.7 Å². The van der Waals surface area contributed by atoms with Gasteiger partial charge >= 0.3 is 5.97 Å². The molecule has 0 saturated carbocycles. The van der Waals surface area contributed by atoms with Gasteiger partial charge in [0.15, 0.2) is 5.03 Å². The summed E-state index contributed by atoms with van der Waals surface area (Å²) in [5, 5.41) is -1.93. The van der Waals surface area contributed by atoms with Gasteiger partial charge in [-0.3, -0.25) is 0 Å². The minimum Gasteiger partial charge on any atom is -0.464 e. The molecule has 0 N–H and O–H groups in total. The van der Waals surface area contributed by atoms with Gasteiger partial charge in [0, 0.05) is 10.7 Å². The van der Waals surface area contributed by atoms with Crippen molar-refractivity contribution in [1.82, 2.24) is 4.98 Å². The Morgan fingerprint density at radius 1 is 1.38 bits per heavy atom. The first-order chi connectivity index (χ1) is 6.94. The first kappa shape index (κ1) is 13.0. The molecule has 16 heavy (non-hydrogen) atoms. The molecule has 0 fully saturated rings. The highest BCUT2D eigenvalue weighted by Gasteiger charge is 2.64. The molecule has 0 saturated heterocycles. The third kappa shape index (κ3) is 2.99. The maximum atomic E-state index is 12.7. The van der Waals surface area contributed by atoms with E-state index < -0.39 is 25.7 Å². The molecule has 0 amide bonds. The number of nitrogens with zero attached hydrogens (tertiary/aromatic N) is 1. The van der Waals surface area contributed by atoms with Crippen LogP contribution in [0.2, 0.25) is 0 Å². The molecule has 0 atom stereocenters. The molecule has 1 aromatic heterocycles. The lowest BCUT2D eigenvalue weighted by Crippen LogP contribution is -2.11. The SMILES string of the molecule is COC(=O)c1cccc(S(F)(F)(F)(F)Cl)n1. The number of carbonyl (C=O) groups excluding carboxylic acids is 1. The zero-order chi connectivity index (χ0) is 12.7. The van der Waals surface area contributed by atoms with E-state index in [-0.39, 0.29) is 0 Å². The highest BCUT2D eigenvalue weighted by atomic mass is 35.7. The number of carbonyl (C=O) groups is 1. The summed E-state index contributed by atoms with van der Waals surface area (Å²) >= 11 is 0. The molecule has 0 radical (unpaired) electrons. The van der Waals surface area contributed by atoms with Crippen molar-refractivity contribution in [3.05, 3.63) is 23.9 Å². The van der Waals surface area contributed by atoms with E-state index in [9.17, 15) is 20.3 Å². The van der Waals surface area contributed by atoms with E-state index >= 15 is 0 Å². The molecule has 3 nitrogen and oxygen atoms in total. The molecule has 1 aromatic rings. The Hall–Kier alpha value is -1.02. The van der Waals surface area contributed by atoms with Crippen molar-refractivity contribution in [3.8, 4) is 0 Å². The normalized spacial score (nSPS) is 16.1. The van der Waals surface area contributed by atoms with Crippen LogP contribution >= 0.6 is 19.7 Å². The van der Waals surface area contributed by atoms with Gasteiger partial charge < -0.3 is 4.74 Å². The fourth-order valence-electron chi connectivity index (χ4n) is 0.848. The Morgan fingerprint density at radius 2 is 1.94 bits per heavy atom. The summed E-state index contributed by atoms with van der Waals surface area (Å²) in [5.41, 5.74) is -0.670. The average Bonchev–Trinajstić information content (AvgIpc) is 2.13. The van der Waals surface area contributed by atoms with Gasteiger partial charge in [-0.1, -0.05) is 6.07 Å². The van der Waals surface area contributed by atoms with Crippen LogP contribution in [0.5, 0.6) is 0 Å². The second-order valence-electron chi connectivity index (χ2n) is 2.82. The maximum Gasteiger partial charge on any atom is 0.356 e. The zero-order valence-corrected chi connectivity index (χ0v) is 9.37. The van der Waals surface area contributed by atoms with Gasteiger partial charge in [0.2, 0.25) is 0 Å². The largest absolute Gasteiger partial charge is 0.464 e. The minimum atomic E-state index is -8.87. The number of hydrogen-bond acceptors (Lipinski definition) is 3. The first-order valence-electron chi connectivity index (χ1n) is 3.73. The van der Waals surface area contributed by atoms with Crippen LogP contribution in [-0.2, 0) is 4.74 Å². The van der Waals surface area contributed by atoms with Crippen LogP contribution in [-0.4, -0.2) is 18.1 Å². The smallest absolute Gasteiger partial charge is 0.356 e. The Balaban J connectivity index is 3.36. The number of aromatic nitrogens is 1. The molecule has 0 unspecified atom stereocenters. The van der Waals surface area contributed by atoms with Gasteiger partial charge in [-0.25, -0.2) is 9.78 Å². The zero-order valence-electron chi connectivity index (χ0n) is 7.79. The van der Waals surface area contributed by atoms with Gasteiger partial charge in [-0.2, -0.15) is 0 Å². The first-order valence-corrected chi connectivity index (χ1v) is 6.61. The molecule has 1 heterocycles. The lowest BCUT2D eigenvalue weighted by atomic mass is 10.4. The van der Waals surface area contributed by atoms with Crippen molar-refractivity contribution in [3.63, 3.8) is 0 Å². The summed E-state index contributed by atoms with van der Waals surface area (Å²) in [6, 6.07) is 2.12. The molecule has 1 rings (SSSR count). The second kappa shape index (κ2) is 3.01. The number of halogens is 5. The quantitative estimate of drug-likeness (QED) is 0.611. The summed E-state index contributed by atoms with van der Waals surface area (Å²) in [6.45, 7) is 0. The second-order valence-corrected chi connectivity index (χ2v) is 7.04. The molecule has 0 aliphatic heterocycles. The van der Waals surface area contributed by atoms with E-state index in [0.29, 0.717) is 6.07 Å². The van der Waals surface area contributed by atoms with Crippen molar-refractivity contribution < 1.29 is 25.1 Å². The Kier molecular flexibility index (Phi) is 2.45. The predicted octanol–water partition coefficient (Wildman–Crippen LogP) is 3.79. The minimum absolute atomic E-state index is 0.348. The number of rotatable bonds is 2. The fraction of sp³-hybridized carbons (Fsp3) is 0.143. The number of ether oxygens (including phenoxy) is 1. The molecular formula is C7H6ClF4NO2S. The van der Waals surface area contributed by atoms with E-state index in [1.165, 1.54) is 0 Å². The molecule has 0 aromatic carbocycles. The van der Waals surface area contributed by atoms with Crippen LogP contribution in [0.15, 0.2) is 23.2 Å². The third-order valence-electron chi connectivity index (χ3n) is 1.51. The number of methoxy groups -OCH3 is 1. The van der Waals surface area contributed by atoms with E-state index in [2.05, 4.69) is 20.4 Å². The summed E-state index contributed by atoms with van der Waals surface area (Å²) in [6.07, 6.45) is 0. The summed E-state index contributed by atoms with van der Waals surface area (Å²) in [4.78, 5) is 13.7. The highest BCUT2D eigenvalue weighted by molar-refractivity contribution is 8.65. The van der Waals surface area contributed by atoms with Crippen molar-refractivity contribution in [2.24, 2.45) is 0 Å². The Labute approximate surface area is 92.3 Å². The van der Waals surface area contributed by atoms with Crippen LogP contribution in [0.4, 0.5) is 15.5 Å². The summed E-state index contributed by atoms with van der Waals surface area (Å²) in [7, 11) is -3.89. The van der Waals surface area contributed by atoms with Crippen LogP contribution in [0.1, 0.15) is 10.5 Å². The number of hydrogen-bond donors (Lipinski definition) is 0. The standard InChI is InChI=1S/C7H6ClF4NO2S/c1-15-7(14)5-3-2-4-6(13-5)16(8,9,10,11)12/h2-4H,1H3. The van der Waals surface area contributed by atoms with Gasteiger partial charge in [-0.15, -0.1) is 15.5 Å². The van der Waals surface area contributed by atoms with Gasteiger partial charge in [0.1, 0.15) is 5.69 Å². The predicted molar refractivity (Wildman–Crippen MR) is 51.7 cm³/mol. The van der Waals surface area contributed by atoms with Crippen molar-refractivity contribution in [1.29, 1.82) is 0 Å². The molecule has 0 bridgehead atoms. The van der Waals surface area contributed by atoms with Crippen molar-refractivity contribution in [2.45, 2.75) is 5.03 Å². The lowest BCUT2D eigenvalue weighted by Gasteiger charge is -2.41. The monoisotopic (exact) mass is 279 g/mol. The van der Waals surface area contributed by atoms with Gasteiger partial charge in [0.25, 0.3) is 9.05 Å². The summed E-state index contributed by atoms with van der Waals surface area (Å²) in [5.74, 6) is -1.11. The van der Waals surface area contributed by atoms with E-state index in [0.717, 1.165) is 19.2 Å². The molecular weight excluding hydrogens is 274 g/mol. The summed E-state index contributed by atoms with van der Waals surface area (Å²) < 4.78 is 55.0. The van der Waals surface area contributed by atoms with Crippen LogP contribution < -0.4 is 0 Å². The number of esters is 1. The fourth-order valence-corrected chi connectivity index (χ4v) is 1.71. The topological polar surface area (TPSA) is 39.2 Å². The highest BCUT2D eigenvalue weighted by Crippen LogP contribution is 3.03. The molecule has 0 spiro atoms.